The molecular weight excluding hydrogens is 176 g/mol. The molecule has 0 spiro atoms. The minimum absolute atomic E-state index is 0.417. The predicted molar refractivity (Wildman–Crippen MR) is 56.7 cm³/mol. The molecule has 0 aromatic carbocycles. The van der Waals surface area contributed by atoms with Crippen LogP contribution in [0.1, 0.15) is 51.1 Å². The molecule has 2 heterocycles. The average molecular weight is 192 g/mol. The number of fused-ring (bicyclic) bond motifs is 1. The molecule has 0 amide bonds. The molecule has 0 saturated carbocycles. The molecule has 0 N–H and O–H groups in total. The van der Waals surface area contributed by atoms with Crippen molar-refractivity contribution in [1.29, 1.82) is 0 Å². The summed E-state index contributed by atoms with van der Waals surface area (Å²) in [7, 11) is 0. The van der Waals surface area contributed by atoms with Gasteiger partial charge in [-0.2, -0.15) is 0 Å². The maximum absolute atomic E-state index is 5.59. The third-order valence-corrected chi connectivity index (χ3v) is 2.39. The van der Waals surface area contributed by atoms with Crippen molar-refractivity contribution in [2.24, 2.45) is 0 Å². The van der Waals surface area contributed by atoms with Crippen LogP contribution in [0.2, 0.25) is 0 Å². The van der Waals surface area contributed by atoms with Crippen LogP contribution < -0.4 is 0 Å². The van der Waals surface area contributed by atoms with E-state index in [1.54, 1.807) is 0 Å². The first-order chi connectivity index (χ1) is 6.58. The molecule has 14 heavy (non-hydrogen) atoms. The molecule has 0 atom stereocenters. The number of hydrogen-bond acceptors (Lipinski definition) is 2. The zero-order valence-corrected chi connectivity index (χ0v) is 9.13. The summed E-state index contributed by atoms with van der Waals surface area (Å²) in [5.74, 6) is 3.49. The minimum Gasteiger partial charge on any atom is -0.430 e. The molecule has 2 aromatic rings. The number of rotatable bonds is 2. The van der Waals surface area contributed by atoms with E-state index in [-0.39, 0.29) is 0 Å². The summed E-state index contributed by atoms with van der Waals surface area (Å²) in [4.78, 5) is 0. The Balaban J connectivity index is 2.45. The Hall–Kier alpha value is -1.18. The average Bonchev–Trinajstić information content (AvgIpc) is 2.57. The summed E-state index contributed by atoms with van der Waals surface area (Å²) < 4.78 is 11.2. The first-order valence-electron chi connectivity index (χ1n) is 5.11. The number of furan rings is 2. The van der Waals surface area contributed by atoms with Crippen LogP contribution in [0.4, 0.5) is 0 Å². The van der Waals surface area contributed by atoms with Gasteiger partial charge in [0.1, 0.15) is 11.5 Å². The SMILES string of the molecule is CC(C)c1cc2cc(C(C)C)oc2o1. The van der Waals surface area contributed by atoms with E-state index in [0.29, 0.717) is 17.6 Å². The molecule has 2 heteroatoms. The monoisotopic (exact) mass is 192 g/mol. The van der Waals surface area contributed by atoms with Crippen molar-refractivity contribution in [3.05, 3.63) is 23.7 Å². The fourth-order valence-electron chi connectivity index (χ4n) is 1.45. The Kier molecular flexibility index (Phi) is 2.14. The Morgan fingerprint density at radius 1 is 0.857 bits per heavy atom. The van der Waals surface area contributed by atoms with E-state index >= 15 is 0 Å². The van der Waals surface area contributed by atoms with E-state index in [4.69, 9.17) is 8.83 Å². The molecule has 0 saturated heterocycles. The second kappa shape index (κ2) is 3.19. The maximum atomic E-state index is 5.59. The fourth-order valence-corrected chi connectivity index (χ4v) is 1.45. The highest BCUT2D eigenvalue weighted by Gasteiger charge is 2.13. The van der Waals surface area contributed by atoms with E-state index in [9.17, 15) is 0 Å². The third-order valence-electron chi connectivity index (χ3n) is 2.39. The third kappa shape index (κ3) is 1.45. The quantitative estimate of drug-likeness (QED) is 0.710. The Morgan fingerprint density at radius 2 is 1.29 bits per heavy atom. The topological polar surface area (TPSA) is 26.3 Å². The van der Waals surface area contributed by atoms with E-state index in [0.717, 1.165) is 16.9 Å². The van der Waals surface area contributed by atoms with Crippen LogP contribution in [0.15, 0.2) is 21.0 Å². The van der Waals surface area contributed by atoms with Gasteiger partial charge in [0.15, 0.2) is 0 Å². The molecular formula is C12H16O2. The molecule has 2 aromatic heterocycles. The van der Waals surface area contributed by atoms with Crippen LogP contribution in [0.5, 0.6) is 0 Å². The van der Waals surface area contributed by atoms with Crippen molar-refractivity contribution in [3.8, 4) is 0 Å². The number of hydrogen-bond donors (Lipinski definition) is 0. The largest absolute Gasteiger partial charge is 0.430 e. The highest BCUT2D eigenvalue weighted by Crippen LogP contribution is 2.30. The van der Waals surface area contributed by atoms with Gasteiger partial charge >= 0.3 is 0 Å². The highest BCUT2D eigenvalue weighted by atomic mass is 16.5. The maximum Gasteiger partial charge on any atom is 0.297 e. The van der Waals surface area contributed by atoms with Crippen molar-refractivity contribution in [3.63, 3.8) is 0 Å². The molecule has 76 valence electrons. The molecule has 2 rings (SSSR count). The summed E-state index contributed by atoms with van der Waals surface area (Å²) in [5.41, 5.74) is 0. The van der Waals surface area contributed by atoms with Crippen LogP contribution in [0.3, 0.4) is 0 Å². The molecule has 0 aliphatic heterocycles. The minimum atomic E-state index is 0.417. The second-order valence-electron chi connectivity index (χ2n) is 4.35. The smallest absolute Gasteiger partial charge is 0.297 e. The highest BCUT2D eigenvalue weighted by molar-refractivity contribution is 5.74. The zero-order chi connectivity index (χ0) is 10.3. The molecule has 0 unspecified atom stereocenters. The van der Waals surface area contributed by atoms with E-state index in [1.807, 2.05) is 0 Å². The van der Waals surface area contributed by atoms with Gasteiger partial charge in [-0.15, -0.1) is 0 Å². The molecule has 2 nitrogen and oxygen atoms in total. The zero-order valence-electron chi connectivity index (χ0n) is 9.13. The normalized spacial score (nSPS) is 12.1. The van der Waals surface area contributed by atoms with Crippen LogP contribution in [-0.2, 0) is 0 Å². The molecule has 0 bridgehead atoms. The summed E-state index contributed by atoms with van der Waals surface area (Å²) in [6, 6.07) is 4.13. The molecule has 0 radical (unpaired) electrons. The van der Waals surface area contributed by atoms with Crippen LogP contribution in [0, 0.1) is 0 Å². The lowest BCUT2D eigenvalue weighted by atomic mass is 10.1. The first kappa shape index (κ1) is 9.38. The van der Waals surface area contributed by atoms with Crippen molar-refractivity contribution in [2.75, 3.05) is 0 Å². The van der Waals surface area contributed by atoms with Crippen LogP contribution in [0.25, 0.3) is 11.2 Å². The lowest BCUT2D eigenvalue weighted by molar-refractivity contribution is 0.413. The van der Waals surface area contributed by atoms with Crippen molar-refractivity contribution in [1.82, 2.24) is 0 Å². The standard InChI is InChI=1S/C12H16O2/c1-7(2)10-5-9-6-11(8(3)4)14-12(9)13-10/h5-8H,1-4H3. The first-order valence-corrected chi connectivity index (χ1v) is 5.11. The van der Waals surface area contributed by atoms with Crippen LogP contribution in [-0.4, -0.2) is 0 Å². The lowest BCUT2D eigenvalue weighted by Gasteiger charge is -1.98. The van der Waals surface area contributed by atoms with E-state index in [1.165, 1.54) is 0 Å². The molecule has 0 fully saturated rings. The summed E-state index contributed by atoms with van der Waals surface area (Å²) in [6.45, 7) is 8.45. The van der Waals surface area contributed by atoms with Gasteiger partial charge in [0.05, 0.1) is 5.39 Å². The van der Waals surface area contributed by atoms with Gasteiger partial charge < -0.3 is 8.83 Å². The summed E-state index contributed by atoms with van der Waals surface area (Å²) >= 11 is 0. The predicted octanol–water partition coefficient (Wildman–Crippen LogP) is 4.27. The Labute approximate surface area is 83.9 Å². The van der Waals surface area contributed by atoms with Gasteiger partial charge in [-0.05, 0) is 12.1 Å². The van der Waals surface area contributed by atoms with Gasteiger partial charge in [-0.25, -0.2) is 0 Å². The van der Waals surface area contributed by atoms with Crippen molar-refractivity contribution < 1.29 is 8.83 Å². The van der Waals surface area contributed by atoms with Crippen molar-refractivity contribution in [2.45, 2.75) is 39.5 Å². The summed E-state index contributed by atoms with van der Waals surface area (Å²) in [5, 5.41) is 1.08. The van der Waals surface area contributed by atoms with E-state index in [2.05, 4.69) is 39.8 Å². The van der Waals surface area contributed by atoms with Crippen molar-refractivity contribution >= 4 is 11.2 Å². The Bertz CT molecular complexity index is 363. The lowest BCUT2D eigenvalue weighted by Crippen LogP contribution is -1.82. The van der Waals surface area contributed by atoms with Gasteiger partial charge in [-0.1, -0.05) is 27.7 Å². The molecule has 0 aliphatic carbocycles. The van der Waals surface area contributed by atoms with Gasteiger partial charge in [0, 0.05) is 11.8 Å². The van der Waals surface area contributed by atoms with Gasteiger partial charge in [0.2, 0.25) is 0 Å². The van der Waals surface area contributed by atoms with Gasteiger partial charge in [0.25, 0.3) is 5.78 Å². The Morgan fingerprint density at radius 3 is 1.57 bits per heavy atom. The fraction of sp³-hybridized carbons (Fsp3) is 0.500. The summed E-state index contributed by atoms with van der Waals surface area (Å²) in [6.07, 6.45) is 0. The van der Waals surface area contributed by atoms with Gasteiger partial charge in [-0.3, -0.25) is 0 Å². The van der Waals surface area contributed by atoms with E-state index < -0.39 is 0 Å². The molecule has 0 aliphatic rings. The van der Waals surface area contributed by atoms with Crippen LogP contribution >= 0.6 is 0 Å². The second-order valence-corrected chi connectivity index (χ2v) is 4.35.